The van der Waals surface area contributed by atoms with E-state index >= 15 is 0 Å². The van der Waals surface area contributed by atoms with E-state index in [2.05, 4.69) is 14.9 Å². The Morgan fingerprint density at radius 1 is 1.12 bits per heavy atom. The van der Waals surface area contributed by atoms with Gasteiger partial charge in [0.1, 0.15) is 10.6 Å². The van der Waals surface area contributed by atoms with E-state index in [0.717, 1.165) is 35.6 Å². The number of fused-ring (bicyclic) bond motifs is 1. The summed E-state index contributed by atoms with van der Waals surface area (Å²) >= 11 is 1.59. The number of sulfonamides is 1. The van der Waals surface area contributed by atoms with Crippen LogP contribution in [0.3, 0.4) is 0 Å². The molecule has 3 heterocycles. The van der Waals surface area contributed by atoms with Crippen molar-refractivity contribution in [1.82, 2.24) is 9.62 Å². The number of likely N-dealkylation sites (tertiary alicyclic amines) is 1. The summed E-state index contributed by atoms with van der Waals surface area (Å²) in [5.74, 6) is -0.347. The molecule has 0 unspecified atom stereocenters. The SMILES string of the molecule is COC(=O)c1ccc(CN2CCC3(CC2)Nc2ccc(-c4cccs4)cc2S(=O)(=O)N3)cc1. The number of carbonyl (C=O) groups is 1. The van der Waals surface area contributed by atoms with Gasteiger partial charge in [0.15, 0.2) is 0 Å². The molecule has 2 aliphatic heterocycles. The van der Waals surface area contributed by atoms with Gasteiger partial charge in [-0.25, -0.2) is 13.2 Å². The third-order valence-electron chi connectivity index (χ3n) is 6.27. The number of rotatable bonds is 4. The average Bonchev–Trinajstić information content (AvgIpc) is 3.35. The standard InChI is InChI=1S/C24H25N3O4S2/c1-31-23(28)18-6-4-17(5-7-18)16-27-12-10-24(11-13-27)25-20-9-8-19(21-3-2-14-32-21)15-22(20)33(29,30)26-24/h2-9,14-15,25-26H,10-13,16H2,1H3. The molecule has 0 amide bonds. The molecule has 0 saturated carbocycles. The van der Waals surface area contributed by atoms with E-state index in [1.807, 2.05) is 41.8 Å². The number of methoxy groups -OCH3 is 1. The number of hydrogen-bond donors (Lipinski definition) is 2. The molecule has 5 rings (SSSR count). The van der Waals surface area contributed by atoms with E-state index in [1.165, 1.54) is 7.11 Å². The molecule has 0 bridgehead atoms. The van der Waals surface area contributed by atoms with Crippen LogP contribution in [0.25, 0.3) is 10.4 Å². The first-order valence-electron chi connectivity index (χ1n) is 10.8. The highest BCUT2D eigenvalue weighted by Gasteiger charge is 2.43. The van der Waals surface area contributed by atoms with Crippen LogP contribution in [-0.2, 0) is 21.3 Å². The van der Waals surface area contributed by atoms with Gasteiger partial charge in [-0.2, -0.15) is 4.72 Å². The normalized spacial score (nSPS) is 18.9. The fourth-order valence-electron chi connectivity index (χ4n) is 4.48. The molecule has 0 aliphatic carbocycles. The number of carbonyl (C=O) groups excluding carboxylic acids is 1. The van der Waals surface area contributed by atoms with Gasteiger partial charge in [0.05, 0.1) is 18.4 Å². The molecule has 7 nitrogen and oxygen atoms in total. The molecule has 0 atom stereocenters. The quantitative estimate of drug-likeness (QED) is 0.548. The number of nitrogens with zero attached hydrogens (tertiary/aromatic N) is 1. The summed E-state index contributed by atoms with van der Waals surface area (Å²) < 4.78 is 34.0. The molecule has 2 aromatic carbocycles. The Bertz CT molecular complexity index is 1260. The molecule has 1 aromatic heterocycles. The maximum Gasteiger partial charge on any atom is 0.337 e. The van der Waals surface area contributed by atoms with Crippen molar-refractivity contribution in [2.75, 3.05) is 25.5 Å². The molecule has 1 spiro atoms. The Labute approximate surface area is 197 Å². The van der Waals surface area contributed by atoms with Gasteiger partial charge >= 0.3 is 5.97 Å². The van der Waals surface area contributed by atoms with Gasteiger partial charge in [-0.05, 0) is 59.7 Å². The van der Waals surface area contributed by atoms with Gasteiger partial charge in [-0.15, -0.1) is 11.3 Å². The van der Waals surface area contributed by atoms with Crippen LogP contribution in [0.15, 0.2) is 64.9 Å². The largest absolute Gasteiger partial charge is 0.465 e. The highest BCUT2D eigenvalue weighted by atomic mass is 32.2. The Kier molecular flexibility index (Phi) is 5.74. The van der Waals surface area contributed by atoms with Gasteiger partial charge < -0.3 is 10.1 Å². The van der Waals surface area contributed by atoms with Crippen LogP contribution in [0.1, 0.15) is 28.8 Å². The predicted molar refractivity (Wildman–Crippen MR) is 129 cm³/mol. The second-order valence-electron chi connectivity index (χ2n) is 8.47. The first-order valence-corrected chi connectivity index (χ1v) is 13.1. The van der Waals surface area contributed by atoms with Crippen molar-refractivity contribution in [3.63, 3.8) is 0 Å². The van der Waals surface area contributed by atoms with Gasteiger partial charge in [0.2, 0.25) is 10.0 Å². The number of thiophene rings is 1. The minimum absolute atomic E-state index is 0.298. The minimum atomic E-state index is -3.63. The predicted octanol–water partition coefficient (Wildman–Crippen LogP) is 3.90. The van der Waals surface area contributed by atoms with Crippen molar-refractivity contribution in [2.45, 2.75) is 29.9 Å². The third-order valence-corrected chi connectivity index (χ3v) is 8.77. The molecular weight excluding hydrogens is 458 g/mol. The zero-order valence-corrected chi connectivity index (χ0v) is 19.8. The second kappa shape index (κ2) is 8.57. The highest BCUT2D eigenvalue weighted by molar-refractivity contribution is 7.89. The Morgan fingerprint density at radius 2 is 1.88 bits per heavy atom. The number of anilines is 1. The van der Waals surface area contributed by atoms with E-state index in [-0.39, 0.29) is 5.97 Å². The van der Waals surface area contributed by atoms with Crippen LogP contribution in [0, 0.1) is 0 Å². The fourth-order valence-corrected chi connectivity index (χ4v) is 6.78. The summed E-state index contributed by atoms with van der Waals surface area (Å²) in [5.41, 5.74) is 2.50. The molecule has 1 saturated heterocycles. The zero-order chi connectivity index (χ0) is 23.1. The fraction of sp³-hybridized carbons (Fsp3) is 0.292. The van der Waals surface area contributed by atoms with Gasteiger partial charge in [0, 0.05) is 24.5 Å². The number of ether oxygens (including phenoxy) is 1. The first kappa shape index (κ1) is 22.1. The van der Waals surface area contributed by atoms with Gasteiger partial charge in [0.25, 0.3) is 0 Å². The Balaban J connectivity index is 1.28. The van der Waals surface area contributed by atoms with E-state index in [4.69, 9.17) is 4.74 Å². The maximum absolute atomic E-state index is 13.2. The van der Waals surface area contributed by atoms with Crippen LogP contribution < -0.4 is 10.0 Å². The molecule has 9 heteroatoms. The lowest BCUT2D eigenvalue weighted by Crippen LogP contribution is -2.61. The van der Waals surface area contributed by atoms with Crippen LogP contribution in [-0.4, -0.2) is 45.1 Å². The van der Waals surface area contributed by atoms with E-state index in [9.17, 15) is 13.2 Å². The van der Waals surface area contributed by atoms with E-state index in [1.54, 1.807) is 29.5 Å². The van der Waals surface area contributed by atoms with Crippen molar-refractivity contribution in [1.29, 1.82) is 0 Å². The summed E-state index contributed by atoms with van der Waals surface area (Å²) in [4.78, 5) is 15.2. The monoisotopic (exact) mass is 483 g/mol. The lowest BCUT2D eigenvalue weighted by Gasteiger charge is -2.45. The highest BCUT2D eigenvalue weighted by Crippen LogP contribution is 2.38. The van der Waals surface area contributed by atoms with Gasteiger partial charge in [-0.1, -0.05) is 24.3 Å². The maximum atomic E-state index is 13.2. The average molecular weight is 484 g/mol. The third kappa shape index (κ3) is 4.41. The smallest absolute Gasteiger partial charge is 0.337 e. The molecule has 1 fully saturated rings. The molecule has 3 aromatic rings. The molecule has 2 aliphatic rings. The van der Waals surface area contributed by atoms with Gasteiger partial charge in [-0.3, -0.25) is 4.90 Å². The number of benzene rings is 2. The molecular formula is C24H25N3O4S2. The molecule has 33 heavy (non-hydrogen) atoms. The van der Waals surface area contributed by atoms with Crippen molar-refractivity contribution in [3.05, 3.63) is 71.1 Å². The summed E-state index contributed by atoms with van der Waals surface area (Å²) in [7, 11) is -2.26. The summed E-state index contributed by atoms with van der Waals surface area (Å²) in [6.07, 6.45) is 1.30. The van der Waals surface area contributed by atoms with Crippen LogP contribution in [0.5, 0.6) is 0 Å². The van der Waals surface area contributed by atoms with Crippen molar-refractivity contribution >= 4 is 33.0 Å². The summed E-state index contributed by atoms with van der Waals surface area (Å²) in [5, 5.41) is 5.47. The zero-order valence-electron chi connectivity index (χ0n) is 18.2. The minimum Gasteiger partial charge on any atom is -0.465 e. The first-order chi connectivity index (χ1) is 15.9. The van der Waals surface area contributed by atoms with Crippen LogP contribution in [0.2, 0.25) is 0 Å². The van der Waals surface area contributed by atoms with E-state index < -0.39 is 15.7 Å². The van der Waals surface area contributed by atoms with Crippen molar-refractivity contribution < 1.29 is 17.9 Å². The number of esters is 1. The molecule has 2 N–H and O–H groups in total. The summed E-state index contributed by atoms with van der Waals surface area (Å²) in [6, 6.07) is 16.9. The van der Waals surface area contributed by atoms with Crippen LogP contribution >= 0.6 is 11.3 Å². The lowest BCUT2D eigenvalue weighted by atomic mass is 9.96. The molecule has 0 radical (unpaired) electrons. The van der Waals surface area contributed by atoms with Crippen LogP contribution in [0.4, 0.5) is 5.69 Å². The van der Waals surface area contributed by atoms with Crippen molar-refractivity contribution in [3.8, 4) is 10.4 Å². The number of piperidine rings is 1. The Hall–Kier alpha value is -2.72. The Morgan fingerprint density at radius 3 is 2.55 bits per heavy atom. The molecule has 172 valence electrons. The summed E-state index contributed by atoms with van der Waals surface area (Å²) in [6.45, 7) is 2.23. The van der Waals surface area contributed by atoms with Crippen molar-refractivity contribution in [2.24, 2.45) is 0 Å². The lowest BCUT2D eigenvalue weighted by molar-refractivity contribution is 0.0600. The second-order valence-corrected chi connectivity index (χ2v) is 11.1. The topological polar surface area (TPSA) is 87.7 Å². The van der Waals surface area contributed by atoms with E-state index in [0.29, 0.717) is 29.0 Å². The number of nitrogens with one attached hydrogen (secondary N) is 2. The number of hydrogen-bond acceptors (Lipinski definition) is 7.